The lowest BCUT2D eigenvalue weighted by molar-refractivity contribution is -0.143. The maximum absolute atomic E-state index is 12.2. The lowest BCUT2D eigenvalue weighted by Gasteiger charge is -2.24. The van der Waals surface area contributed by atoms with Crippen molar-refractivity contribution < 1.29 is 27.8 Å². The molecule has 2 aromatic rings. The molecular weight excluding hydrogens is 454 g/mol. The van der Waals surface area contributed by atoms with Gasteiger partial charge in [-0.2, -0.15) is 0 Å². The average molecular weight is 489 g/mol. The normalized spacial score (nSPS) is 16.6. The van der Waals surface area contributed by atoms with E-state index in [2.05, 4.69) is 23.1 Å². The fourth-order valence-corrected chi connectivity index (χ4v) is 3.59. The first-order chi connectivity index (χ1) is 16.6. The number of halogens is 2. The van der Waals surface area contributed by atoms with Crippen LogP contribution in [-0.2, 0) is 14.3 Å². The second-order valence-electron chi connectivity index (χ2n) is 8.73. The highest BCUT2D eigenvalue weighted by Crippen LogP contribution is 2.36. The number of alkyl carbamates (subject to hydrolysis) is 1. The molecule has 1 N–H and O–H groups in total. The third-order valence-electron chi connectivity index (χ3n) is 4.91. The molecule has 8 heteroatoms. The lowest BCUT2D eigenvalue weighted by atomic mass is 9.94. The van der Waals surface area contributed by atoms with Gasteiger partial charge in [0.05, 0.1) is 19.1 Å². The van der Waals surface area contributed by atoms with Gasteiger partial charge in [0.25, 0.3) is 0 Å². The number of hydrogen-bond donors (Lipinski definition) is 1. The fourth-order valence-electron chi connectivity index (χ4n) is 3.59. The summed E-state index contributed by atoms with van der Waals surface area (Å²) in [6.45, 7) is 7.70. The third-order valence-corrected chi connectivity index (χ3v) is 4.91. The molecule has 0 fully saturated rings. The summed E-state index contributed by atoms with van der Waals surface area (Å²) < 4.78 is 34.4. The largest absolute Gasteiger partial charge is 0.466 e. The smallest absolute Gasteiger partial charge is 0.408 e. The van der Waals surface area contributed by atoms with Gasteiger partial charge in [-0.3, -0.25) is 9.78 Å². The number of terminal acetylenes is 1. The number of carbonyl (C=O) groups is 2. The van der Waals surface area contributed by atoms with Crippen molar-refractivity contribution >= 4 is 12.1 Å². The van der Waals surface area contributed by atoms with Crippen LogP contribution in [0.1, 0.15) is 76.6 Å². The lowest BCUT2D eigenvalue weighted by Crippen LogP contribution is -2.35. The molecule has 0 unspecified atom stereocenters. The van der Waals surface area contributed by atoms with Crippen molar-refractivity contribution in [1.82, 2.24) is 10.3 Å². The maximum Gasteiger partial charge on any atom is 0.408 e. The molecule has 1 aliphatic carbocycles. The maximum atomic E-state index is 12.2. The Bertz CT molecular complexity index is 952. The molecule has 1 heterocycles. The first-order valence-corrected chi connectivity index (χ1v) is 11.4. The van der Waals surface area contributed by atoms with E-state index in [4.69, 9.17) is 9.47 Å². The molecule has 3 rings (SSSR count). The number of hydrogen-bond acceptors (Lipinski definition) is 5. The number of nitrogens with one attached hydrogen (secondary N) is 1. The van der Waals surface area contributed by atoms with Crippen LogP contribution >= 0.6 is 0 Å². The topological polar surface area (TPSA) is 77.5 Å². The molecule has 190 valence electrons. The molecule has 2 atom stereocenters. The Balaban J connectivity index is 0.000000512. The molecule has 0 aliphatic heterocycles. The third kappa shape index (κ3) is 10.6. The van der Waals surface area contributed by atoms with Crippen LogP contribution in [0.2, 0.25) is 0 Å². The summed E-state index contributed by atoms with van der Waals surface area (Å²) in [6, 6.07) is 8.70. The van der Waals surface area contributed by atoms with E-state index in [9.17, 15) is 18.4 Å². The van der Waals surface area contributed by atoms with E-state index < -0.39 is 23.3 Å². The van der Waals surface area contributed by atoms with Crippen LogP contribution in [0.3, 0.4) is 0 Å². The van der Waals surface area contributed by atoms with Gasteiger partial charge >= 0.3 is 12.1 Å². The molecular formula is C27H34F2N2O4. The number of benzene rings is 1. The second-order valence-corrected chi connectivity index (χ2v) is 8.73. The average Bonchev–Trinajstić information content (AvgIpc) is 2.96. The van der Waals surface area contributed by atoms with Crippen LogP contribution in [0.5, 0.6) is 0 Å². The molecule has 0 radical (unpaired) electrons. The predicted molar refractivity (Wildman–Crippen MR) is 130 cm³/mol. The number of pyridine rings is 1. The first kappa shape index (κ1) is 29.6. The van der Waals surface area contributed by atoms with Gasteiger partial charge in [-0.25, -0.2) is 13.6 Å². The number of rotatable bonds is 4. The number of carbonyl (C=O) groups excluding carboxylic acids is 2. The molecule has 0 bridgehead atoms. The van der Waals surface area contributed by atoms with Crippen LogP contribution in [-0.4, -0.2) is 29.3 Å². The van der Waals surface area contributed by atoms with Gasteiger partial charge in [-0.15, -0.1) is 12.8 Å². The van der Waals surface area contributed by atoms with Crippen molar-refractivity contribution in [3.05, 3.63) is 65.5 Å². The number of ether oxygens (including phenoxy) is 2. The molecule has 35 heavy (non-hydrogen) atoms. The number of esters is 1. The number of aromatic nitrogens is 1. The van der Waals surface area contributed by atoms with Crippen molar-refractivity contribution in [2.75, 3.05) is 6.61 Å². The van der Waals surface area contributed by atoms with E-state index in [-0.39, 0.29) is 17.9 Å². The van der Waals surface area contributed by atoms with Gasteiger partial charge in [0.15, 0.2) is 11.6 Å². The van der Waals surface area contributed by atoms with Crippen molar-refractivity contribution in [3.8, 4) is 12.8 Å². The summed E-state index contributed by atoms with van der Waals surface area (Å²) in [4.78, 5) is 28.6. The van der Waals surface area contributed by atoms with Crippen molar-refractivity contribution in [3.63, 3.8) is 0 Å². The number of amides is 1. The Hall–Kier alpha value is -3.47. The second kappa shape index (κ2) is 14.7. The monoisotopic (exact) mass is 488 g/mol. The quantitative estimate of drug-likeness (QED) is 0.321. The molecule has 1 aromatic heterocycles. The molecule has 0 saturated carbocycles. The molecule has 0 saturated heterocycles. The molecule has 1 aromatic carbocycles. The van der Waals surface area contributed by atoms with Gasteiger partial charge in [0, 0.05) is 17.8 Å². The minimum Gasteiger partial charge on any atom is -0.466 e. The molecule has 6 nitrogen and oxygen atoms in total. The van der Waals surface area contributed by atoms with Gasteiger partial charge < -0.3 is 14.8 Å². The summed E-state index contributed by atoms with van der Waals surface area (Å²) in [5, 5.41) is 2.95. The van der Waals surface area contributed by atoms with Gasteiger partial charge in [0.1, 0.15) is 5.60 Å². The van der Waals surface area contributed by atoms with Gasteiger partial charge in [-0.05, 0) is 64.3 Å². The molecule has 1 amide bonds. The van der Waals surface area contributed by atoms with Crippen molar-refractivity contribution in [2.45, 2.75) is 70.9 Å². The van der Waals surface area contributed by atoms with Crippen molar-refractivity contribution in [2.24, 2.45) is 0 Å². The zero-order valence-electron chi connectivity index (χ0n) is 20.7. The Labute approximate surface area is 206 Å². The van der Waals surface area contributed by atoms with E-state index >= 15 is 0 Å². The van der Waals surface area contributed by atoms with E-state index in [1.54, 1.807) is 13.1 Å². The van der Waals surface area contributed by atoms with E-state index in [0.29, 0.717) is 13.0 Å². The zero-order chi connectivity index (χ0) is 26.4. The molecule has 0 spiro atoms. The number of fused-ring (bicyclic) bond motifs is 1. The van der Waals surface area contributed by atoms with Crippen LogP contribution in [0.15, 0.2) is 42.6 Å². The van der Waals surface area contributed by atoms with E-state index in [0.717, 1.165) is 42.7 Å². The van der Waals surface area contributed by atoms with Crippen LogP contribution in [0.4, 0.5) is 13.6 Å². The van der Waals surface area contributed by atoms with Gasteiger partial charge in [0.2, 0.25) is 0 Å². The minimum atomic E-state index is -0.799. The standard InChI is InChI=1S/C19H28N2O4.C6H4F2.C2H2/c1-5-24-16(22)12-13-8-6-10-15(14-9-7-11-20-17(13)14)21-18(23)25-19(2,3)4;7-5-3-1-2-4-6(5)8;1-2/h7,9,11,13,15H,5-6,8,10,12H2,1-4H3,(H,21,23);1-4H;1-2H/t13-,15-;;/m0../s1. The van der Waals surface area contributed by atoms with Crippen LogP contribution < -0.4 is 5.32 Å². The van der Waals surface area contributed by atoms with E-state index in [1.165, 1.54) is 12.1 Å². The highest BCUT2D eigenvalue weighted by molar-refractivity contribution is 5.71. The van der Waals surface area contributed by atoms with E-state index in [1.807, 2.05) is 32.9 Å². The Morgan fingerprint density at radius 2 is 1.71 bits per heavy atom. The highest BCUT2D eigenvalue weighted by atomic mass is 19.2. The predicted octanol–water partition coefficient (Wildman–Crippen LogP) is 6.08. The van der Waals surface area contributed by atoms with Crippen molar-refractivity contribution in [1.29, 1.82) is 0 Å². The summed E-state index contributed by atoms with van der Waals surface area (Å²) in [7, 11) is 0. The summed E-state index contributed by atoms with van der Waals surface area (Å²) in [5.74, 6) is -1.79. The van der Waals surface area contributed by atoms with Crippen LogP contribution in [0.25, 0.3) is 0 Å². The Kier molecular flexibility index (Phi) is 12.4. The fraction of sp³-hybridized carbons (Fsp3) is 0.444. The first-order valence-electron chi connectivity index (χ1n) is 11.4. The summed E-state index contributed by atoms with van der Waals surface area (Å²) in [6.07, 6.45) is 12.1. The zero-order valence-corrected chi connectivity index (χ0v) is 20.7. The summed E-state index contributed by atoms with van der Waals surface area (Å²) >= 11 is 0. The highest BCUT2D eigenvalue weighted by Gasteiger charge is 2.29. The number of nitrogens with zero attached hydrogens (tertiary/aromatic N) is 1. The van der Waals surface area contributed by atoms with Crippen LogP contribution in [0, 0.1) is 24.5 Å². The SMILES string of the molecule is C#C.CCOC(=O)C[C@@H]1CCC[C@H](NC(=O)OC(C)(C)C)c2cccnc21.Fc1ccccc1F. The summed E-state index contributed by atoms with van der Waals surface area (Å²) in [5.41, 5.74) is 1.29. The molecule has 1 aliphatic rings. The van der Waals surface area contributed by atoms with Gasteiger partial charge in [-0.1, -0.05) is 24.6 Å². The Morgan fingerprint density at radius 3 is 2.26 bits per heavy atom. The minimum absolute atomic E-state index is 0.0145. The Morgan fingerprint density at radius 1 is 1.09 bits per heavy atom.